The number of hydrogen-bond acceptors (Lipinski definition) is 9. The van der Waals surface area contributed by atoms with Crippen molar-refractivity contribution in [2.24, 2.45) is 0 Å². The van der Waals surface area contributed by atoms with Gasteiger partial charge in [0, 0.05) is 0 Å². The molecule has 4 atom stereocenters. The third-order valence-corrected chi connectivity index (χ3v) is 3.43. The van der Waals surface area contributed by atoms with E-state index in [1.165, 1.54) is 0 Å². The van der Waals surface area contributed by atoms with Gasteiger partial charge < -0.3 is 50.2 Å². The van der Waals surface area contributed by atoms with E-state index in [1.807, 2.05) is 0 Å². The highest BCUT2D eigenvalue weighted by Crippen LogP contribution is 2.53. The van der Waals surface area contributed by atoms with Crippen LogP contribution in [0.1, 0.15) is 0 Å². The maximum absolute atomic E-state index is 9.63. The van der Waals surface area contributed by atoms with Gasteiger partial charge in [-0.05, 0) is 0 Å². The van der Waals surface area contributed by atoms with Crippen molar-refractivity contribution < 1.29 is 63.7 Å². The van der Waals surface area contributed by atoms with Crippen LogP contribution in [0.25, 0.3) is 0 Å². The average Bonchev–Trinajstić information content (AvgIpc) is 2.31. The lowest BCUT2D eigenvalue weighted by Gasteiger charge is -2.24. The van der Waals surface area contributed by atoms with Crippen LogP contribution in [-0.2, 0) is 13.4 Å². The lowest BCUT2D eigenvalue weighted by Crippen LogP contribution is -2.46. The lowest BCUT2D eigenvalue weighted by molar-refractivity contribution is -0.123. The Morgan fingerprint density at radius 2 is 0.952 bits per heavy atom. The van der Waals surface area contributed by atoms with Crippen molar-refractivity contribution in [2.75, 3.05) is 13.2 Å². The summed E-state index contributed by atoms with van der Waals surface area (Å²) in [4.78, 5) is 31.0. The van der Waals surface area contributed by atoms with Crippen LogP contribution >= 0.6 is 15.6 Å². The minimum absolute atomic E-state index is 0.726. The zero-order valence-electron chi connectivity index (χ0n) is 10.3. The number of aliphatic hydroxyl groups excluding tert-OH is 6. The Morgan fingerprint density at radius 1 is 0.714 bits per heavy atom. The van der Waals surface area contributed by atoms with Gasteiger partial charge in [0.15, 0.2) is 0 Å². The molecule has 130 valence electrons. The van der Waals surface area contributed by atoms with Crippen molar-refractivity contribution in [3.05, 3.63) is 0 Å². The molecule has 4 unspecified atom stereocenters. The smallest absolute Gasteiger partial charge is 0.394 e. The van der Waals surface area contributed by atoms with E-state index in [-0.39, 0.29) is 0 Å². The summed E-state index contributed by atoms with van der Waals surface area (Å²) in [5, 5.41) is 52.2. The van der Waals surface area contributed by atoms with E-state index in [9.17, 15) is 9.13 Å². The van der Waals surface area contributed by atoms with E-state index in [0.29, 0.717) is 0 Å². The summed E-state index contributed by atoms with van der Waals surface area (Å²) in [6.45, 7) is -1.45. The first-order valence-corrected chi connectivity index (χ1v) is 8.07. The first-order chi connectivity index (χ1) is 9.25. The Hall–Kier alpha value is 0.0200. The molecule has 0 aromatic carbocycles. The first-order valence-electron chi connectivity index (χ1n) is 5.01. The molecule has 0 saturated carbocycles. The summed E-state index contributed by atoms with van der Waals surface area (Å²) in [5.41, 5.74) is 0. The zero-order valence-corrected chi connectivity index (χ0v) is 12.1. The Kier molecular flexibility index (Phi) is 11.0. The molecular weight excluding hydrogens is 342 g/mol. The molecule has 0 amide bonds. The fraction of sp³-hybridized carbons (Fsp3) is 1.00. The minimum Gasteiger partial charge on any atom is -0.394 e. The third kappa shape index (κ3) is 13.4. The van der Waals surface area contributed by atoms with Crippen LogP contribution in [0.3, 0.4) is 0 Å². The standard InChI is InChI=1S/C6H14O6.H4O7P2/c7-1-3(9)5(11)6(12)4(10)2-8;1-8(2,3)7-9(4,5)6/h3-12H,1-2H2;(H2,1,2,3)(H2,4,5,6). The molecule has 0 aliphatic carbocycles. The van der Waals surface area contributed by atoms with Crippen molar-refractivity contribution in [3.8, 4) is 0 Å². The summed E-state index contributed by atoms with van der Waals surface area (Å²) in [6.07, 6.45) is -6.39. The summed E-state index contributed by atoms with van der Waals surface area (Å²) < 4.78 is 22.2. The zero-order chi connectivity index (χ0) is 17.4. The van der Waals surface area contributed by atoms with Gasteiger partial charge in [0.2, 0.25) is 0 Å². The highest BCUT2D eigenvalue weighted by Gasteiger charge is 2.29. The summed E-state index contributed by atoms with van der Waals surface area (Å²) in [5.74, 6) is 0. The van der Waals surface area contributed by atoms with Crippen LogP contribution < -0.4 is 0 Å². The Bertz CT molecular complexity index is 328. The highest BCUT2D eigenvalue weighted by atomic mass is 31.3. The van der Waals surface area contributed by atoms with Crippen molar-refractivity contribution in [3.63, 3.8) is 0 Å². The number of rotatable bonds is 7. The van der Waals surface area contributed by atoms with E-state index in [4.69, 9.17) is 50.2 Å². The molecule has 0 radical (unpaired) electrons. The molecular formula is C6H18O13P2. The predicted octanol–water partition coefficient (Wildman–Crippen LogP) is -4.40. The van der Waals surface area contributed by atoms with Crippen LogP contribution in [-0.4, -0.2) is 87.8 Å². The van der Waals surface area contributed by atoms with Crippen LogP contribution in [0.5, 0.6) is 0 Å². The summed E-state index contributed by atoms with van der Waals surface area (Å²) in [7, 11) is -10.1. The highest BCUT2D eigenvalue weighted by molar-refractivity contribution is 7.60. The van der Waals surface area contributed by atoms with Gasteiger partial charge in [-0.25, -0.2) is 9.13 Å². The van der Waals surface area contributed by atoms with Crippen molar-refractivity contribution in [2.45, 2.75) is 24.4 Å². The fourth-order valence-corrected chi connectivity index (χ4v) is 1.92. The van der Waals surface area contributed by atoms with Gasteiger partial charge in [-0.2, -0.15) is 4.31 Å². The first kappa shape index (κ1) is 23.3. The topological polar surface area (TPSA) is 246 Å². The van der Waals surface area contributed by atoms with Gasteiger partial charge in [0.05, 0.1) is 13.2 Å². The van der Waals surface area contributed by atoms with Gasteiger partial charge in [0.25, 0.3) is 0 Å². The van der Waals surface area contributed by atoms with Crippen molar-refractivity contribution in [1.29, 1.82) is 0 Å². The minimum atomic E-state index is -5.05. The predicted molar refractivity (Wildman–Crippen MR) is 63.4 cm³/mol. The second-order valence-corrected chi connectivity index (χ2v) is 6.16. The normalized spacial score (nSPS) is 18.2. The molecule has 15 heteroatoms. The van der Waals surface area contributed by atoms with Crippen LogP contribution in [0.4, 0.5) is 0 Å². The molecule has 0 bridgehead atoms. The molecule has 0 saturated heterocycles. The molecule has 13 nitrogen and oxygen atoms in total. The Labute approximate surface area is 118 Å². The van der Waals surface area contributed by atoms with E-state index >= 15 is 0 Å². The molecule has 0 aromatic rings. The molecule has 0 rings (SSSR count). The second kappa shape index (κ2) is 9.92. The van der Waals surface area contributed by atoms with Crippen LogP contribution in [0, 0.1) is 0 Å². The average molecular weight is 360 g/mol. The van der Waals surface area contributed by atoms with E-state index in [2.05, 4.69) is 4.31 Å². The molecule has 0 aliphatic rings. The van der Waals surface area contributed by atoms with Gasteiger partial charge in [-0.1, -0.05) is 0 Å². The van der Waals surface area contributed by atoms with Crippen LogP contribution in [0.15, 0.2) is 0 Å². The van der Waals surface area contributed by atoms with Gasteiger partial charge >= 0.3 is 15.6 Å². The van der Waals surface area contributed by atoms with Gasteiger partial charge in [-0.15, -0.1) is 0 Å². The van der Waals surface area contributed by atoms with E-state index < -0.39 is 53.3 Å². The maximum Gasteiger partial charge on any atom is 0.478 e. The Morgan fingerprint density at radius 3 is 1.05 bits per heavy atom. The molecule has 0 aliphatic heterocycles. The molecule has 0 fully saturated rings. The number of aliphatic hydroxyl groups is 6. The fourth-order valence-electron chi connectivity index (χ4n) is 0.810. The summed E-state index contributed by atoms with van der Waals surface area (Å²) in [6, 6.07) is 0. The summed E-state index contributed by atoms with van der Waals surface area (Å²) >= 11 is 0. The van der Waals surface area contributed by atoms with Gasteiger partial charge in [0.1, 0.15) is 24.4 Å². The molecule has 21 heavy (non-hydrogen) atoms. The molecule has 0 heterocycles. The SMILES string of the molecule is O=P(O)(O)OP(=O)(O)O.OCC(O)C(O)C(O)C(O)CO. The quantitative estimate of drug-likeness (QED) is 0.193. The second-order valence-electron chi connectivity index (χ2n) is 3.54. The number of hydrogen-bond donors (Lipinski definition) is 10. The largest absolute Gasteiger partial charge is 0.478 e. The van der Waals surface area contributed by atoms with Crippen molar-refractivity contribution in [1.82, 2.24) is 0 Å². The van der Waals surface area contributed by atoms with E-state index in [1.54, 1.807) is 0 Å². The van der Waals surface area contributed by atoms with E-state index in [0.717, 1.165) is 0 Å². The third-order valence-electron chi connectivity index (χ3n) is 1.73. The molecule has 10 N–H and O–H groups in total. The van der Waals surface area contributed by atoms with Crippen LogP contribution in [0.2, 0.25) is 0 Å². The lowest BCUT2D eigenvalue weighted by atomic mass is 10.0. The molecule has 0 spiro atoms. The number of phosphoric acid groups is 2. The molecule has 0 aromatic heterocycles. The monoisotopic (exact) mass is 360 g/mol. The maximum atomic E-state index is 9.63. The van der Waals surface area contributed by atoms with Crippen molar-refractivity contribution >= 4 is 15.6 Å². The van der Waals surface area contributed by atoms with Gasteiger partial charge in [-0.3, -0.25) is 0 Å². The Balaban J connectivity index is 0.